The van der Waals surface area contributed by atoms with E-state index in [9.17, 15) is 9.18 Å². The molecule has 1 rings (SSSR count). The Hall–Kier alpha value is -1.06. The van der Waals surface area contributed by atoms with Crippen LogP contribution in [0.25, 0.3) is 0 Å². The molecule has 104 valence electrons. The highest BCUT2D eigenvalue weighted by Gasteiger charge is 2.41. The summed E-state index contributed by atoms with van der Waals surface area (Å²) >= 11 is 0. The van der Waals surface area contributed by atoms with E-state index in [1.165, 1.54) is 6.20 Å². The molecule has 4 heteroatoms. The maximum Gasteiger partial charge on any atom is 0.262 e. The highest BCUT2D eigenvalue weighted by Crippen LogP contribution is 2.27. The molecule has 0 aromatic heterocycles. The van der Waals surface area contributed by atoms with Gasteiger partial charge in [-0.25, -0.2) is 4.39 Å². The second kappa shape index (κ2) is 6.76. The Morgan fingerprint density at radius 2 is 2.11 bits per heavy atom. The number of nitrogens with zero attached hydrogens (tertiary/aromatic N) is 1. The highest BCUT2D eigenvalue weighted by atomic mass is 19.1. The lowest BCUT2D eigenvalue weighted by Gasteiger charge is -2.34. The monoisotopic (exact) mass is 256 g/mol. The summed E-state index contributed by atoms with van der Waals surface area (Å²) in [5, 5.41) is 2.73. The molecule has 0 bridgehead atoms. The van der Waals surface area contributed by atoms with Crippen LogP contribution in [0, 0.1) is 0 Å². The molecular formula is C14H25FN2O. The minimum atomic E-state index is -1.81. The van der Waals surface area contributed by atoms with Gasteiger partial charge in [0, 0.05) is 12.6 Å². The predicted octanol–water partition coefficient (Wildman–Crippen LogP) is 2.63. The minimum absolute atomic E-state index is 0.00898. The van der Waals surface area contributed by atoms with Gasteiger partial charge in [-0.2, -0.15) is 0 Å². The van der Waals surface area contributed by atoms with Crippen molar-refractivity contribution in [2.45, 2.75) is 57.7 Å². The third-order valence-corrected chi connectivity index (χ3v) is 3.84. The summed E-state index contributed by atoms with van der Waals surface area (Å²) in [6, 6.07) is 0.230. The van der Waals surface area contributed by atoms with Crippen molar-refractivity contribution >= 4 is 5.91 Å². The van der Waals surface area contributed by atoms with Gasteiger partial charge in [0.05, 0.1) is 6.54 Å². The first-order valence-electron chi connectivity index (χ1n) is 6.93. The minimum Gasteiger partial charge on any atom is -0.388 e. The number of carbonyl (C=O) groups excluding carboxylic acids is 1. The Morgan fingerprint density at radius 3 is 2.56 bits per heavy atom. The van der Waals surface area contributed by atoms with E-state index in [2.05, 4.69) is 11.9 Å². The van der Waals surface area contributed by atoms with Crippen LogP contribution in [0.4, 0.5) is 4.39 Å². The number of halogens is 1. The van der Waals surface area contributed by atoms with Gasteiger partial charge in [0.15, 0.2) is 0 Å². The van der Waals surface area contributed by atoms with E-state index in [1.54, 1.807) is 11.8 Å². The van der Waals surface area contributed by atoms with Gasteiger partial charge in [-0.1, -0.05) is 26.3 Å². The number of hydrogen-bond donors (Lipinski definition) is 1. The van der Waals surface area contributed by atoms with E-state index in [0.29, 0.717) is 6.54 Å². The summed E-state index contributed by atoms with van der Waals surface area (Å²) < 4.78 is 14.7. The zero-order chi connectivity index (χ0) is 13.6. The second-order valence-corrected chi connectivity index (χ2v) is 4.93. The Bertz CT molecular complexity index is 290. The third-order valence-electron chi connectivity index (χ3n) is 3.84. The summed E-state index contributed by atoms with van der Waals surface area (Å²) in [7, 11) is 0. The molecule has 1 fully saturated rings. The smallest absolute Gasteiger partial charge is 0.262 e. The van der Waals surface area contributed by atoms with Crippen LogP contribution in [0.1, 0.15) is 46.0 Å². The molecule has 0 aromatic rings. The van der Waals surface area contributed by atoms with Crippen LogP contribution in [0.5, 0.6) is 0 Å². The Kier molecular flexibility index (Phi) is 5.63. The van der Waals surface area contributed by atoms with Crippen LogP contribution in [0.3, 0.4) is 0 Å². The van der Waals surface area contributed by atoms with Gasteiger partial charge in [0.1, 0.15) is 0 Å². The standard InChI is InChI=1S/C14H25FN2O/c1-4-14(15,11-16-5-2)13(18)17(6-3)12-9-7-8-10-12/h5,12,16H,2,4,6-11H2,1,3H3/t14-/m0/s1. The van der Waals surface area contributed by atoms with E-state index in [-0.39, 0.29) is 24.9 Å². The molecule has 0 radical (unpaired) electrons. The molecule has 0 aromatic carbocycles. The van der Waals surface area contributed by atoms with Crippen LogP contribution < -0.4 is 5.32 Å². The van der Waals surface area contributed by atoms with Crippen molar-refractivity contribution < 1.29 is 9.18 Å². The second-order valence-electron chi connectivity index (χ2n) is 4.93. The van der Waals surface area contributed by atoms with Crippen molar-refractivity contribution in [1.82, 2.24) is 10.2 Å². The van der Waals surface area contributed by atoms with Crippen molar-refractivity contribution in [2.75, 3.05) is 13.1 Å². The zero-order valence-electron chi connectivity index (χ0n) is 11.5. The van der Waals surface area contributed by atoms with Crippen LogP contribution in [-0.4, -0.2) is 35.6 Å². The molecule has 0 heterocycles. The number of rotatable bonds is 7. The first-order valence-corrected chi connectivity index (χ1v) is 6.93. The fourth-order valence-corrected chi connectivity index (χ4v) is 2.63. The SMILES string of the molecule is C=CNC[C@@](F)(CC)C(=O)N(CC)C1CCCC1. The largest absolute Gasteiger partial charge is 0.388 e. The molecule has 1 amide bonds. The maximum atomic E-state index is 14.7. The fraction of sp³-hybridized carbons (Fsp3) is 0.786. The molecule has 0 saturated heterocycles. The van der Waals surface area contributed by atoms with E-state index >= 15 is 0 Å². The Labute approximate surface area is 109 Å². The van der Waals surface area contributed by atoms with Crippen LogP contribution in [0.2, 0.25) is 0 Å². The number of carbonyl (C=O) groups is 1. The number of alkyl halides is 1. The molecule has 1 atom stereocenters. The van der Waals surface area contributed by atoms with Gasteiger partial charge in [-0.05, 0) is 32.4 Å². The maximum absolute atomic E-state index is 14.7. The zero-order valence-corrected chi connectivity index (χ0v) is 11.5. The lowest BCUT2D eigenvalue weighted by molar-refractivity contribution is -0.146. The van der Waals surface area contributed by atoms with Gasteiger partial charge in [0.25, 0.3) is 5.91 Å². The normalized spacial score (nSPS) is 19.3. The van der Waals surface area contributed by atoms with Crippen molar-refractivity contribution in [3.63, 3.8) is 0 Å². The van der Waals surface area contributed by atoms with Gasteiger partial charge < -0.3 is 10.2 Å². The summed E-state index contributed by atoms with van der Waals surface area (Å²) in [6.45, 7) is 7.73. The topological polar surface area (TPSA) is 32.3 Å². The van der Waals surface area contributed by atoms with E-state index in [0.717, 1.165) is 25.7 Å². The Balaban J connectivity index is 2.75. The molecule has 18 heavy (non-hydrogen) atoms. The van der Waals surface area contributed by atoms with Gasteiger partial charge in [-0.15, -0.1) is 0 Å². The molecule has 0 aliphatic heterocycles. The summed E-state index contributed by atoms with van der Waals surface area (Å²) in [4.78, 5) is 14.1. The molecule has 1 aliphatic carbocycles. The molecular weight excluding hydrogens is 231 g/mol. The van der Waals surface area contributed by atoms with Gasteiger partial charge in [-0.3, -0.25) is 4.79 Å². The van der Waals surface area contributed by atoms with Crippen molar-refractivity contribution in [3.8, 4) is 0 Å². The molecule has 0 unspecified atom stereocenters. The van der Waals surface area contributed by atoms with Crippen molar-refractivity contribution in [1.29, 1.82) is 0 Å². The molecule has 1 N–H and O–H groups in total. The average molecular weight is 256 g/mol. The van der Waals surface area contributed by atoms with Crippen molar-refractivity contribution in [2.24, 2.45) is 0 Å². The summed E-state index contributed by atoms with van der Waals surface area (Å²) in [5.74, 6) is -0.367. The predicted molar refractivity (Wildman–Crippen MR) is 72.0 cm³/mol. The first-order chi connectivity index (χ1) is 8.59. The number of hydrogen-bond acceptors (Lipinski definition) is 2. The molecule has 1 aliphatic rings. The van der Waals surface area contributed by atoms with Gasteiger partial charge in [0.2, 0.25) is 5.67 Å². The lowest BCUT2D eigenvalue weighted by Crippen LogP contribution is -2.53. The number of amides is 1. The van der Waals surface area contributed by atoms with E-state index in [4.69, 9.17) is 0 Å². The molecule has 1 saturated carbocycles. The van der Waals surface area contributed by atoms with Crippen LogP contribution >= 0.6 is 0 Å². The summed E-state index contributed by atoms with van der Waals surface area (Å²) in [6.07, 6.45) is 5.93. The Morgan fingerprint density at radius 1 is 1.50 bits per heavy atom. The number of nitrogens with one attached hydrogen (secondary N) is 1. The first kappa shape index (κ1) is 15.0. The highest BCUT2D eigenvalue weighted by molar-refractivity contribution is 5.85. The fourth-order valence-electron chi connectivity index (χ4n) is 2.63. The van der Waals surface area contributed by atoms with Crippen molar-refractivity contribution in [3.05, 3.63) is 12.8 Å². The van der Waals surface area contributed by atoms with Crippen LogP contribution in [-0.2, 0) is 4.79 Å². The summed E-state index contributed by atoms with van der Waals surface area (Å²) in [5.41, 5.74) is -1.81. The lowest BCUT2D eigenvalue weighted by atomic mass is 9.99. The average Bonchev–Trinajstić information content (AvgIpc) is 2.90. The molecule has 0 spiro atoms. The third kappa shape index (κ3) is 3.24. The molecule has 3 nitrogen and oxygen atoms in total. The van der Waals surface area contributed by atoms with E-state index in [1.807, 2.05) is 6.92 Å². The van der Waals surface area contributed by atoms with Crippen LogP contribution in [0.15, 0.2) is 12.8 Å². The van der Waals surface area contributed by atoms with Gasteiger partial charge >= 0.3 is 0 Å². The quantitative estimate of drug-likeness (QED) is 0.759. The van der Waals surface area contributed by atoms with E-state index < -0.39 is 5.67 Å².